The van der Waals surface area contributed by atoms with Crippen LogP contribution in [0.3, 0.4) is 0 Å². The molecule has 2 N–H and O–H groups in total. The van der Waals surface area contributed by atoms with Crippen molar-refractivity contribution in [3.8, 4) is 0 Å². The second-order valence-electron chi connectivity index (χ2n) is 4.36. The zero-order chi connectivity index (χ0) is 13.1. The van der Waals surface area contributed by atoms with Gasteiger partial charge < -0.3 is 15.4 Å². The molecule has 2 heterocycles. The van der Waals surface area contributed by atoms with Crippen molar-refractivity contribution < 1.29 is 9.53 Å². The number of hydrogen-bond donors (Lipinski definition) is 1. The van der Waals surface area contributed by atoms with Crippen molar-refractivity contribution in [2.24, 2.45) is 5.73 Å². The summed E-state index contributed by atoms with van der Waals surface area (Å²) in [6.07, 6.45) is 1.28. The van der Waals surface area contributed by atoms with Crippen LogP contribution in [0.5, 0.6) is 0 Å². The first kappa shape index (κ1) is 14.0. The molecule has 2 unspecified atom stereocenters. The number of carbonyl (C=O) groups excluding carboxylic acids is 1. The number of thiophene rings is 1. The van der Waals surface area contributed by atoms with Crippen LogP contribution in [0, 0.1) is 0 Å². The Morgan fingerprint density at radius 2 is 2.44 bits per heavy atom. The molecule has 1 aliphatic heterocycles. The Morgan fingerprint density at radius 1 is 1.67 bits per heavy atom. The molecule has 0 bridgehead atoms. The summed E-state index contributed by atoms with van der Waals surface area (Å²) in [6, 6.07) is 1.96. The number of carbonyl (C=O) groups is 1. The Hall–Kier alpha value is -0.430. The molecule has 0 saturated carbocycles. The van der Waals surface area contributed by atoms with Crippen LogP contribution in [0.2, 0.25) is 0 Å². The Kier molecular flexibility index (Phi) is 4.77. The highest BCUT2D eigenvalue weighted by Gasteiger charge is 2.36. The summed E-state index contributed by atoms with van der Waals surface area (Å²) in [5.41, 5.74) is 6.21. The van der Waals surface area contributed by atoms with E-state index in [1.165, 1.54) is 0 Å². The largest absolute Gasteiger partial charge is 0.383 e. The number of piperidine rings is 1. The minimum atomic E-state index is -0.0317. The van der Waals surface area contributed by atoms with Gasteiger partial charge in [0.25, 0.3) is 0 Å². The molecule has 1 saturated heterocycles. The summed E-state index contributed by atoms with van der Waals surface area (Å²) in [6.45, 7) is 1.13. The first-order chi connectivity index (χ1) is 8.65. The smallest absolute Gasteiger partial charge is 0.223 e. The quantitative estimate of drug-likeness (QED) is 0.919. The Morgan fingerprint density at radius 3 is 3.06 bits per heavy atom. The average molecular weight is 333 g/mol. The van der Waals surface area contributed by atoms with E-state index in [4.69, 9.17) is 10.5 Å². The third-order valence-electron chi connectivity index (χ3n) is 3.20. The van der Waals surface area contributed by atoms with Gasteiger partial charge in [-0.1, -0.05) is 0 Å². The van der Waals surface area contributed by atoms with Gasteiger partial charge in [-0.2, -0.15) is 0 Å². The Balaban J connectivity index is 2.26. The first-order valence-electron chi connectivity index (χ1n) is 5.92. The van der Waals surface area contributed by atoms with E-state index in [2.05, 4.69) is 15.9 Å². The summed E-state index contributed by atoms with van der Waals surface area (Å²) in [7, 11) is 1.64. The van der Waals surface area contributed by atoms with Crippen LogP contribution in [0.25, 0.3) is 0 Å². The SMILES string of the molecule is COCCN1C(=O)CCC(N)C1c1sccc1Br. The normalized spacial score (nSPS) is 24.6. The molecular weight excluding hydrogens is 316 g/mol. The molecule has 1 aromatic heterocycles. The Labute approximate surface area is 119 Å². The number of nitrogens with two attached hydrogens (primary N) is 1. The maximum absolute atomic E-state index is 12.1. The van der Waals surface area contributed by atoms with E-state index < -0.39 is 0 Å². The van der Waals surface area contributed by atoms with Gasteiger partial charge in [0.15, 0.2) is 0 Å². The number of methoxy groups -OCH3 is 1. The van der Waals surface area contributed by atoms with Crippen LogP contribution in [0.4, 0.5) is 0 Å². The minimum Gasteiger partial charge on any atom is -0.383 e. The lowest BCUT2D eigenvalue weighted by atomic mass is 9.95. The average Bonchev–Trinajstić information content (AvgIpc) is 2.76. The van der Waals surface area contributed by atoms with Crippen molar-refractivity contribution in [3.63, 3.8) is 0 Å². The van der Waals surface area contributed by atoms with E-state index in [1.54, 1.807) is 18.4 Å². The van der Waals surface area contributed by atoms with Crippen LogP contribution >= 0.6 is 27.3 Å². The highest BCUT2D eigenvalue weighted by Crippen LogP contribution is 2.38. The van der Waals surface area contributed by atoms with Crippen LogP contribution in [-0.2, 0) is 9.53 Å². The van der Waals surface area contributed by atoms with Gasteiger partial charge in [0.2, 0.25) is 5.91 Å². The fourth-order valence-corrected chi connectivity index (χ4v) is 4.08. The third kappa shape index (κ3) is 2.77. The molecule has 18 heavy (non-hydrogen) atoms. The van der Waals surface area contributed by atoms with Crippen molar-refractivity contribution in [2.75, 3.05) is 20.3 Å². The van der Waals surface area contributed by atoms with Gasteiger partial charge in [-0.15, -0.1) is 11.3 Å². The predicted molar refractivity (Wildman–Crippen MR) is 75.6 cm³/mol. The van der Waals surface area contributed by atoms with Gasteiger partial charge in [0.1, 0.15) is 0 Å². The van der Waals surface area contributed by atoms with E-state index in [1.807, 2.05) is 16.3 Å². The second kappa shape index (κ2) is 6.14. The van der Waals surface area contributed by atoms with Crippen molar-refractivity contribution in [2.45, 2.75) is 24.9 Å². The molecule has 2 atom stereocenters. The van der Waals surface area contributed by atoms with E-state index >= 15 is 0 Å². The third-order valence-corrected chi connectivity index (χ3v) is 5.14. The van der Waals surface area contributed by atoms with Crippen LogP contribution in [0.1, 0.15) is 23.8 Å². The van der Waals surface area contributed by atoms with Gasteiger partial charge in [0, 0.05) is 35.5 Å². The monoisotopic (exact) mass is 332 g/mol. The number of amides is 1. The molecular formula is C12H17BrN2O2S. The number of nitrogens with zero attached hydrogens (tertiary/aromatic N) is 1. The van der Waals surface area contributed by atoms with Gasteiger partial charge in [-0.05, 0) is 33.8 Å². The summed E-state index contributed by atoms with van der Waals surface area (Å²) < 4.78 is 6.11. The highest BCUT2D eigenvalue weighted by atomic mass is 79.9. The Bertz CT molecular complexity index is 424. The maximum Gasteiger partial charge on any atom is 0.223 e. The summed E-state index contributed by atoms with van der Waals surface area (Å²) in [4.78, 5) is 15.1. The first-order valence-corrected chi connectivity index (χ1v) is 7.59. The molecule has 0 spiro atoms. The number of hydrogen-bond acceptors (Lipinski definition) is 4. The lowest BCUT2D eigenvalue weighted by Gasteiger charge is -2.39. The predicted octanol–water partition coefficient (Wildman–Crippen LogP) is 2.15. The zero-order valence-corrected chi connectivity index (χ0v) is 12.7. The summed E-state index contributed by atoms with van der Waals surface area (Å²) >= 11 is 5.17. The van der Waals surface area contributed by atoms with E-state index in [-0.39, 0.29) is 18.0 Å². The molecule has 1 fully saturated rings. The number of ether oxygens (including phenoxy) is 1. The number of halogens is 1. The van der Waals surface area contributed by atoms with Gasteiger partial charge >= 0.3 is 0 Å². The van der Waals surface area contributed by atoms with Gasteiger partial charge in [-0.3, -0.25) is 4.79 Å². The molecule has 0 radical (unpaired) electrons. The van der Waals surface area contributed by atoms with Crippen molar-refractivity contribution in [3.05, 3.63) is 20.8 Å². The van der Waals surface area contributed by atoms with Crippen molar-refractivity contribution >= 4 is 33.2 Å². The van der Waals surface area contributed by atoms with Crippen molar-refractivity contribution in [1.82, 2.24) is 4.90 Å². The molecule has 1 aromatic rings. The molecule has 0 aromatic carbocycles. The number of likely N-dealkylation sites (tertiary alicyclic amines) is 1. The highest BCUT2D eigenvalue weighted by molar-refractivity contribution is 9.10. The fraction of sp³-hybridized carbons (Fsp3) is 0.583. The lowest BCUT2D eigenvalue weighted by molar-refractivity contribution is -0.138. The molecule has 1 aliphatic rings. The second-order valence-corrected chi connectivity index (χ2v) is 6.16. The lowest BCUT2D eigenvalue weighted by Crippen LogP contribution is -2.49. The van der Waals surface area contributed by atoms with E-state index in [9.17, 15) is 4.79 Å². The minimum absolute atomic E-state index is 0.00509. The maximum atomic E-state index is 12.1. The van der Waals surface area contributed by atoms with E-state index in [0.29, 0.717) is 19.6 Å². The summed E-state index contributed by atoms with van der Waals surface area (Å²) in [5, 5.41) is 2.01. The van der Waals surface area contributed by atoms with Gasteiger partial charge in [0.05, 0.1) is 12.6 Å². The molecule has 0 aliphatic carbocycles. The van der Waals surface area contributed by atoms with Crippen LogP contribution < -0.4 is 5.73 Å². The van der Waals surface area contributed by atoms with E-state index in [0.717, 1.165) is 15.8 Å². The van der Waals surface area contributed by atoms with Crippen molar-refractivity contribution in [1.29, 1.82) is 0 Å². The fourth-order valence-electron chi connectivity index (χ4n) is 2.28. The van der Waals surface area contributed by atoms with Gasteiger partial charge in [-0.25, -0.2) is 0 Å². The molecule has 1 amide bonds. The molecule has 4 nitrogen and oxygen atoms in total. The standard InChI is InChI=1S/C12H17BrN2O2S/c1-17-6-5-15-10(16)3-2-9(14)11(15)12-8(13)4-7-18-12/h4,7,9,11H,2-3,5-6,14H2,1H3. The van der Waals surface area contributed by atoms with Crippen LogP contribution in [-0.4, -0.2) is 37.1 Å². The summed E-state index contributed by atoms with van der Waals surface area (Å²) in [5.74, 6) is 0.166. The molecule has 6 heteroatoms. The number of rotatable bonds is 4. The topological polar surface area (TPSA) is 55.6 Å². The zero-order valence-electron chi connectivity index (χ0n) is 10.3. The van der Waals surface area contributed by atoms with Crippen LogP contribution in [0.15, 0.2) is 15.9 Å². The molecule has 100 valence electrons. The molecule has 2 rings (SSSR count).